The van der Waals surface area contributed by atoms with Crippen LogP contribution in [0, 0.1) is 0 Å². The van der Waals surface area contributed by atoms with Crippen LogP contribution in [-0.4, -0.2) is 78.3 Å². The minimum atomic E-state index is -0.234. The minimum Gasteiger partial charge on any atom is -0.495 e. The van der Waals surface area contributed by atoms with E-state index in [2.05, 4.69) is 27.4 Å². The Balaban J connectivity index is 1.16. The highest BCUT2D eigenvalue weighted by molar-refractivity contribution is 6.04. The monoisotopic (exact) mass is 577 g/mol. The van der Waals surface area contributed by atoms with Gasteiger partial charge in [0.2, 0.25) is 11.9 Å². The number of benzene rings is 1. The standard InChI is InChI=1S/C31H43N7O4/c1-4-25-30(40)36(2)26-18-32-31(35-28(26)38(25)22-9-5-6-10-22)34-24-14-13-20(17-27(24)41-3)29(39)33-21-15-16-37(19-21)42-23-11-7-8-12-23/h13-14,17-18,21-23,25H,4-12,15-16,19H2,1-3H3,(H,33,39)(H,32,34,35). The Labute approximate surface area is 247 Å². The van der Waals surface area contributed by atoms with Crippen molar-refractivity contribution in [2.24, 2.45) is 0 Å². The Morgan fingerprint density at radius 3 is 2.60 bits per heavy atom. The molecule has 3 fully saturated rings. The van der Waals surface area contributed by atoms with E-state index in [0.29, 0.717) is 41.6 Å². The van der Waals surface area contributed by atoms with E-state index in [1.54, 1.807) is 37.4 Å². The molecule has 11 heteroatoms. The van der Waals surface area contributed by atoms with Crippen LogP contribution in [0.5, 0.6) is 5.75 Å². The Morgan fingerprint density at radius 2 is 1.86 bits per heavy atom. The summed E-state index contributed by atoms with van der Waals surface area (Å²) in [4.78, 5) is 45.8. The van der Waals surface area contributed by atoms with Gasteiger partial charge in [0.25, 0.3) is 5.91 Å². The predicted molar refractivity (Wildman–Crippen MR) is 161 cm³/mol. The highest BCUT2D eigenvalue weighted by atomic mass is 16.7. The molecule has 4 aliphatic rings. The van der Waals surface area contributed by atoms with Gasteiger partial charge in [-0.05, 0) is 56.7 Å². The summed E-state index contributed by atoms with van der Waals surface area (Å²) in [6.45, 7) is 3.58. The number of carbonyl (C=O) groups is 2. The Hall–Kier alpha value is -3.44. The number of methoxy groups -OCH3 is 1. The van der Waals surface area contributed by atoms with Crippen LogP contribution in [0.25, 0.3) is 0 Å². The first-order valence-corrected chi connectivity index (χ1v) is 15.6. The summed E-state index contributed by atoms with van der Waals surface area (Å²) < 4.78 is 5.66. The molecule has 6 rings (SSSR count). The van der Waals surface area contributed by atoms with Crippen molar-refractivity contribution in [1.29, 1.82) is 0 Å². The van der Waals surface area contributed by atoms with Crippen LogP contribution in [0.1, 0.15) is 81.5 Å². The van der Waals surface area contributed by atoms with Crippen molar-refractivity contribution in [1.82, 2.24) is 20.3 Å². The van der Waals surface area contributed by atoms with Crippen LogP contribution in [0.2, 0.25) is 0 Å². The second-order valence-corrected chi connectivity index (χ2v) is 12.0. The molecule has 0 spiro atoms. The van der Waals surface area contributed by atoms with Crippen LogP contribution < -0.4 is 25.2 Å². The lowest BCUT2D eigenvalue weighted by atomic mass is 10.0. The first-order valence-electron chi connectivity index (χ1n) is 15.6. The third-order valence-electron chi connectivity index (χ3n) is 9.21. The molecule has 2 amide bonds. The molecule has 1 saturated heterocycles. The zero-order chi connectivity index (χ0) is 29.2. The van der Waals surface area contributed by atoms with Gasteiger partial charge < -0.3 is 25.2 Å². The Bertz CT molecular complexity index is 1290. The number of hydrogen-bond donors (Lipinski definition) is 2. The Kier molecular flexibility index (Phi) is 8.48. The zero-order valence-electron chi connectivity index (χ0n) is 25.0. The lowest BCUT2D eigenvalue weighted by Crippen LogP contribution is -2.55. The van der Waals surface area contributed by atoms with Gasteiger partial charge in [-0.3, -0.25) is 14.4 Å². The zero-order valence-corrected chi connectivity index (χ0v) is 25.0. The van der Waals surface area contributed by atoms with E-state index >= 15 is 0 Å². The number of carbonyl (C=O) groups excluding carboxylic acids is 2. The van der Waals surface area contributed by atoms with E-state index in [-0.39, 0.29) is 23.9 Å². The van der Waals surface area contributed by atoms with Gasteiger partial charge in [-0.25, -0.2) is 4.98 Å². The second kappa shape index (κ2) is 12.4. The molecule has 0 bridgehead atoms. The number of hydrogen-bond acceptors (Lipinski definition) is 9. The second-order valence-electron chi connectivity index (χ2n) is 12.0. The van der Waals surface area contributed by atoms with Crippen LogP contribution in [-0.2, 0) is 9.63 Å². The number of ether oxygens (including phenoxy) is 1. The van der Waals surface area contributed by atoms with E-state index in [1.807, 2.05) is 11.1 Å². The number of amides is 2. The Morgan fingerprint density at radius 1 is 1.10 bits per heavy atom. The largest absolute Gasteiger partial charge is 0.495 e. The van der Waals surface area contributed by atoms with Gasteiger partial charge in [-0.2, -0.15) is 10.0 Å². The molecule has 0 radical (unpaired) electrons. The van der Waals surface area contributed by atoms with Crippen molar-refractivity contribution in [2.75, 3.05) is 42.4 Å². The van der Waals surface area contributed by atoms with E-state index in [4.69, 9.17) is 14.6 Å². The average molecular weight is 578 g/mol. The summed E-state index contributed by atoms with van der Waals surface area (Å²) in [5.41, 5.74) is 1.91. The topological polar surface area (TPSA) is 112 Å². The average Bonchev–Trinajstić information content (AvgIpc) is 3.80. The van der Waals surface area contributed by atoms with E-state index in [9.17, 15) is 9.59 Å². The molecule has 1 aromatic carbocycles. The van der Waals surface area contributed by atoms with Crippen LogP contribution in [0.4, 0.5) is 23.1 Å². The first-order chi connectivity index (χ1) is 20.4. The van der Waals surface area contributed by atoms with Crippen molar-refractivity contribution < 1.29 is 19.2 Å². The van der Waals surface area contributed by atoms with Gasteiger partial charge >= 0.3 is 0 Å². The molecule has 226 valence electrons. The first kappa shape index (κ1) is 28.7. The molecule has 2 saturated carbocycles. The van der Waals surface area contributed by atoms with Gasteiger partial charge in [0, 0.05) is 37.8 Å². The molecule has 2 aliphatic carbocycles. The fraction of sp³-hybridized carbons (Fsp3) is 0.613. The van der Waals surface area contributed by atoms with Crippen LogP contribution >= 0.6 is 0 Å². The number of rotatable bonds is 9. The SMILES string of the molecule is CCC1C(=O)N(C)c2cnc(Nc3ccc(C(=O)NC4CCN(OC5CCCC5)C4)cc3OC)nc2N1C1CCCC1. The molecule has 1 aromatic heterocycles. The van der Waals surface area contributed by atoms with E-state index < -0.39 is 0 Å². The number of hydroxylamine groups is 2. The van der Waals surface area contributed by atoms with Gasteiger partial charge in [-0.15, -0.1) is 0 Å². The van der Waals surface area contributed by atoms with Crippen molar-refractivity contribution in [2.45, 2.75) is 95.4 Å². The van der Waals surface area contributed by atoms with Gasteiger partial charge in [0.1, 0.15) is 17.5 Å². The lowest BCUT2D eigenvalue weighted by molar-refractivity contribution is -0.182. The van der Waals surface area contributed by atoms with Crippen molar-refractivity contribution >= 4 is 35.0 Å². The molecule has 2 atom stereocenters. The fourth-order valence-corrected chi connectivity index (χ4v) is 6.91. The van der Waals surface area contributed by atoms with Crippen molar-refractivity contribution in [3.63, 3.8) is 0 Å². The smallest absolute Gasteiger partial charge is 0.251 e. The number of anilines is 4. The van der Waals surface area contributed by atoms with E-state index in [1.165, 1.54) is 12.8 Å². The van der Waals surface area contributed by atoms with Gasteiger partial charge in [-0.1, -0.05) is 32.6 Å². The molecule has 42 heavy (non-hydrogen) atoms. The summed E-state index contributed by atoms with van der Waals surface area (Å²) in [7, 11) is 3.38. The third kappa shape index (κ3) is 5.76. The highest BCUT2D eigenvalue weighted by Gasteiger charge is 2.41. The number of nitrogens with one attached hydrogen (secondary N) is 2. The molecular weight excluding hydrogens is 534 g/mol. The lowest BCUT2D eigenvalue weighted by Gasteiger charge is -2.43. The molecule has 2 aliphatic heterocycles. The third-order valence-corrected chi connectivity index (χ3v) is 9.21. The quantitative estimate of drug-likeness (QED) is 0.448. The predicted octanol–water partition coefficient (Wildman–Crippen LogP) is 4.41. The number of fused-ring (bicyclic) bond motifs is 1. The summed E-state index contributed by atoms with van der Waals surface area (Å²) >= 11 is 0. The normalized spacial score (nSPS) is 23.5. The van der Waals surface area contributed by atoms with Gasteiger partial charge in [0.05, 0.1) is 25.1 Å². The fourth-order valence-electron chi connectivity index (χ4n) is 6.91. The van der Waals surface area contributed by atoms with Crippen LogP contribution in [0.3, 0.4) is 0 Å². The molecule has 2 unspecified atom stereocenters. The summed E-state index contributed by atoms with van der Waals surface area (Å²) in [6.07, 6.45) is 12.8. The molecular formula is C31H43N7O4. The highest BCUT2D eigenvalue weighted by Crippen LogP contribution is 2.40. The van der Waals surface area contributed by atoms with Crippen LogP contribution in [0.15, 0.2) is 24.4 Å². The summed E-state index contributed by atoms with van der Waals surface area (Å²) in [6, 6.07) is 5.45. The maximum atomic E-state index is 13.2. The molecule has 11 nitrogen and oxygen atoms in total. The van der Waals surface area contributed by atoms with Gasteiger partial charge in [0.15, 0.2) is 5.82 Å². The number of likely N-dealkylation sites (N-methyl/N-ethyl adjacent to an activating group) is 1. The number of nitrogens with zero attached hydrogens (tertiary/aromatic N) is 5. The summed E-state index contributed by atoms with van der Waals surface area (Å²) in [5.74, 6) is 1.67. The molecule has 2 aromatic rings. The minimum absolute atomic E-state index is 0.0476. The maximum absolute atomic E-state index is 13.2. The summed E-state index contributed by atoms with van der Waals surface area (Å²) in [5, 5.41) is 8.46. The van der Waals surface area contributed by atoms with Crippen molar-refractivity contribution in [3.8, 4) is 5.75 Å². The van der Waals surface area contributed by atoms with Crippen molar-refractivity contribution in [3.05, 3.63) is 30.0 Å². The molecule has 2 N–H and O–H groups in total. The van der Waals surface area contributed by atoms with E-state index in [0.717, 1.165) is 69.4 Å². The maximum Gasteiger partial charge on any atom is 0.251 e. The molecule has 3 heterocycles. The number of aromatic nitrogens is 2.